The highest BCUT2D eigenvalue weighted by atomic mass is 35.5. The van der Waals surface area contributed by atoms with Crippen molar-refractivity contribution < 1.29 is 4.79 Å². The van der Waals surface area contributed by atoms with Gasteiger partial charge in [-0.25, -0.2) is 0 Å². The van der Waals surface area contributed by atoms with Gasteiger partial charge in [-0.2, -0.15) is 0 Å². The Labute approximate surface area is 132 Å². The van der Waals surface area contributed by atoms with Crippen LogP contribution in [0.2, 0.25) is 10.0 Å². The van der Waals surface area contributed by atoms with Gasteiger partial charge in [-0.3, -0.25) is 9.78 Å². The number of halogens is 2. The molecule has 0 atom stereocenters. The maximum absolute atomic E-state index is 12.8. The third kappa shape index (κ3) is 2.53. The molecule has 0 spiro atoms. The van der Waals surface area contributed by atoms with Crippen LogP contribution in [0.4, 0.5) is 0 Å². The number of benzene rings is 2. The molecule has 0 aliphatic heterocycles. The lowest BCUT2D eigenvalue weighted by Gasteiger charge is -2.09. The van der Waals surface area contributed by atoms with Gasteiger partial charge in [0.2, 0.25) is 0 Å². The molecule has 0 N–H and O–H groups in total. The predicted molar refractivity (Wildman–Crippen MR) is 86.4 cm³/mol. The van der Waals surface area contributed by atoms with Crippen LogP contribution in [0.1, 0.15) is 21.6 Å². The summed E-state index contributed by atoms with van der Waals surface area (Å²) in [5.74, 6) is -0.149. The van der Waals surface area contributed by atoms with E-state index in [9.17, 15) is 4.79 Å². The van der Waals surface area contributed by atoms with Crippen molar-refractivity contribution in [2.24, 2.45) is 0 Å². The maximum Gasteiger partial charge on any atom is 0.195 e. The molecule has 0 bridgehead atoms. The maximum atomic E-state index is 12.8. The van der Waals surface area contributed by atoms with Gasteiger partial charge in [-0.05, 0) is 31.2 Å². The fraction of sp³-hybridized carbons (Fsp3) is 0.0588. The minimum Gasteiger partial charge on any atom is -0.289 e. The van der Waals surface area contributed by atoms with Crippen molar-refractivity contribution in [3.8, 4) is 0 Å². The monoisotopic (exact) mass is 315 g/mol. The van der Waals surface area contributed by atoms with Crippen LogP contribution >= 0.6 is 23.2 Å². The molecular weight excluding hydrogens is 305 g/mol. The van der Waals surface area contributed by atoms with E-state index in [1.54, 1.807) is 24.3 Å². The van der Waals surface area contributed by atoms with Crippen molar-refractivity contribution in [3.05, 3.63) is 75.4 Å². The summed E-state index contributed by atoms with van der Waals surface area (Å²) < 4.78 is 0. The highest BCUT2D eigenvalue weighted by Crippen LogP contribution is 2.29. The number of hydrogen-bond acceptors (Lipinski definition) is 2. The number of pyridine rings is 1. The van der Waals surface area contributed by atoms with Crippen molar-refractivity contribution >= 4 is 39.9 Å². The zero-order chi connectivity index (χ0) is 15.0. The van der Waals surface area contributed by atoms with E-state index in [4.69, 9.17) is 23.2 Å². The van der Waals surface area contributed by atoms with Gasteiger partial charge in [-0.1, -0.05) is 47.5 Å². The van der Waals surface area contributed by atoms with Crippen LogP contribution in [0, 0.1) is 6.92 Å². The number of para-hydroxylation sites is 1. The predicted octanol–water partition coefficient (Wildman–Crippen LogP) is 5.08. The van der Waals surface area contributed by atoms with Gasteiger partial charge in [0.1, 0.15) is 0 Å². The molecule has 0 amide bonds. The first-order valence-corrected chi connectivity index (χ1v) is 7.18. The molecule has 0 saturated carbocycles. The zero-order valence-electron chi connectivity index (χ0n) is 11.2. The fourth-order valence-corrected chi connectivity index (χ4v) is 2.71. The van der Waals surface area contributed by atoms with Gasteiger partial charge < -0.3 is 0 Å². The van der Waals surface area contributed by atoms with Gasteiger partial charge >= 0.3 is 0 Å². The molecule has 0 fully saturated rings. The summed E-state index contributed by atoms with van der Waals surface area (Å²) in [5, 5.41) is 1.46. The summed E-state index contributed by atoms with van der Waals surface area (Å²) >= 11 is 12.2. The Kier molecular flexibility index (Phi) is 3.66. The molecule has 0 radical (unpaired) electrons. The molecule has 104 valence electrons. The first-order valence-electron chi connectivity index (χ1n) is 6.43. The van der Waals surface area contributed by atoms with Crippen molar-refractivity contribution in [3.63, 3.8) is 0 Å². The van der Waals surface area contributed by atoms with E-state index in [0.29, 0.717) is 16.1 Å². The van der Waals surface area contributed by atoms with E-state index in [0.717, 1.165) is 16.6 Å². The topological polar surface area (TPSA) is 30.0 Å². The van der Waals surface area contributed by atoms with Crippen LogP contribution in [0.15, 0.2) is 48.5 Å². The van der Waals surface area contributed by atoms with Crippen molar-refractivity contribution in [2.45, 2.75) is 6.92 Å². The summed E-state index contributed by atoms with van der Waals surface area (Å²) in [6, 6.07) is 14.4. The van der Waals surface area contributed by atoms with Gasteiger partial charge in [0, 0.05) is 22.2 Å². The Morgan fingerprint density at radius 1 is 1.00 bits per heavy atom. The molecule has 3 aromatic rings. The second-order valence-corrected chi connectivity index (χ2v) is 5.54. The quantitative estimate of drug-likeness (QED) is 0.617. The molecule has 1 heterocycles. The number of aryl methyl sites for hydroxylation is 1. The average Bonchev–Trinajstić information content (AvgIpc) is 2.48. The van der Waals surface area contributed by atoms with Crippen LogP contribution in [-0.4, -0.2) is 10.8 Å². The third-order valence-corrected chi connectivity index (χ3v) is 4.10. The van der Waals surface area contributed by atoms with E-state index in [1.165, 1.54) is 0 Å². The van der Waals surface area contributed by atoms with Crippen LogP contribution in [0.25, 0.3) is 10.9 Å². The van der Waals surface area contributed by atoms with Crippen molar-refractivity contribution in [1.29, 1.82) is 0 Å². The van der Waals surface area contributed by atoms with Crippen LogP contribution in [0.5, 0.6) is 0 Å². The van der Waals surface area contributed by atoms with Gasteiger partial charge in [-0.15, -0.1) is 0 Å². The number of hydrogen-bond donors (Lipinski definition) is 0. The Hall–Kier alpha value is -1.90. The lowest BCUT2D eigenvalue weighted by molar-refractivity contribution is 0.104. The minimum absolute atomic E-state index is 0.149. The van der Waals surface area contributed by atoms with E-state index in [-0.39, 0.29) is 10.8 Å². The number of carbonyl (C=O) groups is 1. The van der Waals surface area contributed by atoms with Gasteiger partial charge in [0.25, 0.3) is 0 Å². The Bertz CT molecular complexity index is 859. The standard InChI is InChI=1S/C17H11Cl2NO/c1-10-9-13(11-5-2-3-8-15(11)20-10)17(21)12-6-4-7-14(18)16(12)19/h2-9H,1H3. The summed E-state index contributed by atoms with van der Waals surface area (Å²) in [6.45, 7) is 1.86. The number of rotatable bonds is 2. The summed E-state index contributed by atoms with van der Waals surface area (Å²) in [4.78, 5) is 17.3. The lowest BCUT2D eigenvalue weighted by Crippen LogP contribution is -2.05. The largest absolute Gasteiger partial charge is 0.289 e. The Balaban J connectivity index is 2.25. The van der Waals surface area contributed by atoms with E-state index in [2.05, 4.69) is 4.98 Å². The summed E-state index contributed by atoms with van der Waals surface area (Å²) in [5.41, 5.74) is 2.57. The van der Waals surface area contributed by atoms with Gasteiger partial charge in [0.05, 0.1) is 15.6 Å². The van der Waals surface area contributed by atoms with Crippen LogP contribution in [0.3, 0.4) is 0 Å². The average molecular weight is 316 g/mol. The zero-order valence-corrected chi connectivity index (χ0v) is 12.7. The second kappa shape index (κ2) is 5.47. The molecule has 21 heavy (non-hydrogen) atoms. The molecule has 1 aromatic heterocycles. The van der Waals surface area contributed by atoms with E-state index < -0.39 is 0 Å². The Morgan fingerprint density at radius 3 is 2.57 bits per heavy atom. The molecule has 2 nitrogen and oxygen atoms in total. The number of fused-ring (bicyclic) bond motifs is 1. The molecule has 0 unspecified atom stereocenters. The third-order valence-electron chi connectivity index (χ3n) is 3.29. The SMILES string of the molecule is Cc1cc(C(=O)c2cccc(Cl)c2Cl)c2ccccc2n1. The number of nitrogens with zero attached hydrogens (tertiary/aromatic N) is 1. The molecule has 2 aromatic carbocycles. The minimum atomic E-state index is -0.149. The number of ketones is 1. The van der Waals surface area contributed by atoms with Crippen LogP contribution < -0.4 is 0 Å². The van der Waals surface area contributed by atoms with Crippen molar-refractivity contribution in [2.75, 3.05) is 0 Å². The van der Waals surface area contributed by atoms with Crippen LogP contribution in [-0.2, 0) is 0 Å². The molecule has 3 rings (SSSR count). The molecule has 0 aliphatic carbocycles. The highest BCUT2D eigenvalue weighted by Gasteiger charge is 2.17. The van der Waals surface area contributed by atoms with E-state index in [1.807, 2.05) is 31.2 Å². The smallest absolute Gasteiger partial charge is 0.195 e. The van der Waals surface area contributed by atoms with Gasteiger partial charge in [0.15, 0.2) is 5.78 Å². The highest BCUT2D eigenvalue weighted by molar-refractivity contribution is 6.44. The number of carbonyl (C=O) groups excluding carboxylic acids is 1. The Morgan fingerprint density at radius 2 is 1.76 bits per heavy atom. The molecule has 0 saturated heterocycles. The second-order valence-electron chi connectivity index (χ2n) is 4.76. The summed E-state index contributed by atoms with van der Waals surface area (Å²) in [6.07, 6.45) is 0. The molecular formula is C17H11Cl2NO. The van der Waals surface area contributed by atoms with E-state index >= 15 is 0 Å². The summed E-state index contributed by atoms with van der Waals surface area (Å²) in [7, 11) is 0. The van der Waals surface area contributed by atoms with Crippen molar-refractivity contribution in [1.82, 2.24) is 4.98 Å². The molecule has 0 aliphatic rings. The normalized spacial score (nSPS) is 10.8. The first kappa shape index (κ1) is 14.1. The first-order chi connectivity index (χ1) is 10.1. The lowest BCUT2D eigenvalue weighted by atomic mass is 9.99. The number of aromatic nitrogens is 1. The fourth-order valence-electron chi connectivity index (χ4n) is 2.32. The molecule has 4 heteroatoms.